The zero-order valence-electron chi connectivity index (χ0n) is 14.1. The summed E-state index contributed by atoms with van der Waals surface area (Å²) in [5, 5.41) is 5.30. The van der Waals surface area contributed by atoms with Gasteiger partial charge in [0.05, 0.1) is 17.5 Å². The maximum atomic E-state index is 12.3. The van der Waals surface area contributed by atoms with Crippen LogP contribution in [0.25, 0.3) is 0 Å². The summed E-state index contributed by atoms with van der Waals surface area (Å²) in [6.07, 6.45) is 1.38. The van der Waals surface area contributed by atoms with E-state index in [0.717, 1.165) is 6.42 Å². The SMILES string of the molecule is CNC(=O)CCCNS(=O)(=O)c1cccc(C(=O)N[C@H]2CCOC2)c1. The lowest BCUT2D eigenvalue weighted by Gasteiger charge is -2.12. The summed E-state index contributed by atoms with van der Waals surface area (Å²) in [7, 11) is -2.21. The first-order chi connectivity index (χ1) is 11.9. The molecule has 1 heterocycles. The quantitative estimate of drug-likeness (QED) is 0.559. The van der Waals surface area contributed by atoms with Crippen molar-refractivity contribution in [2.24, 2.45) is 0 Å². The van der Waals surface area contributed by atoms with E-state index in [0.29, 0.717) is 19.6 Å². The Morgan fingerprint density at radius 3 is 2.80 bits per heavy atom. The zero-order valence-corrected chi connectivity index (χ0v) is 14.9. The van der Waals surface area contributed by atoms with Crippen molar-refractivity contribution in [1.82, 2.24) is 15.4 Å². The number of rotatable bonds is 8. The normalized spacial score (nSPS) is 17.2. The first-order valence-electron chi connectivity index (χ1n) is 8.11. The molecule has 2 amide bonds. The first-order valence-corrected chi connectivity index (χ1v) is 9.59. The average molecular weight is 369 g/mol. The molecule has 1 saturated heterocycles. The van der Waals surface area contributed by atoms with E-state index in [-0.39, 0.29) is 41.3 Å². The molecule has 0 aliphatic carbocycles. The molecule has 0 bridgehead atoms. The Hall–Kier alpha value is -1.97. The number of carbonyl (C=O) groups excluding carboxylic acids is 2. The molecule has 1 aromatic carbocycles. The summed E-state index contributed by atoms with van der Waals surface area (Å²) < 4.78 is 32.2. The molecular weight excluding hydrogens is 346 g/mol. The summed E-state index contributed by atoms with van der Waals surface area (Å²) in [5.41, 5.74) is 0.278. The minimum atomic E-state index is -3.73. The van der Waals surface area contributed by atoms with E-state index in [1.807, 2.05) is 0 Å². The summed E-state index contributed by atoms with van der Waals surface area (Å²) in [6, 6.07) is 5.81. The molecule has 25 heavy (non-hydrogen) atoms. The highest BCUT2D eigenvalue weighted by molar-refractivity contribution is 7.89. The minimum absolute atomic E-state index is 0.0164. The second-order valence-corrected chi connectivity index (χ2v) is 7.50. The van der Waals surface area contributed by atoms with Crippen LogP contribution in [-0.2, 0) is 19.6 Å². The largest absolute Gasteiger partial charge is 0.379 e. The van der Waals surface area contributed by atoms with E-state index in [2.05, 4.69) is 15.4 Å². The van der Waals surface area contributed by atoms with Gasteiger partial charge in [-0.25, -0.2) is 13.1 Å². The fourth-order valence-electron chi connectivity index (χ4n) is 2.39. The Morgan fingerprint density at radius 1 is 1.32 bits per heavy atom. The van der Waals surface area contributed by atoms with Gasteiger partial charge in [-0.15, -0.1) is 0 Å². The van der Waals surface area contributed by atoms with Gasteiger partial charge >= 0.3 is 0 Å². The summed E-state index contributed by atoms with van der Waals surface area (Å²) >= 11 is 0. The van der Waals surface area contributed by atoms with Crippen LogP contribution in [0.15, 0.2) is 29.2 Å². The number of ether oxygens (including phenoxy) is 1. The lowest BCUT2D eigenvalue weighted by atomic mass is 10.2. The van der Waals surface area contributed by atoms with Crippen LogP contribution in [0.2, 0.25) is 0 Å². The lowest BCUT2D eigenvalue weighted by Crippen LogP contribution is -2.35. The Bertz CT molecular complexity index is 714. The van der Waals surface area contributed by atoms with Crippen LogP contribution in [0, 0.1) is 0 Å². The Morgan fingerprint density at radius 2 is 2.12 bits per heavy atom. The number of sulfonamides is 1. The van der Waals surface area contributed by atoms with Crippen LogP contribution in [0.3, 0.4) is 0 Å². The molecule has 9 heteroatoms. The van der Waals surface area contributed by atoms with Crippen LogP contribution >= 0.6 is 0 Å². The highest BCUT2D eigenvalue weighted by Crippen LogP contribution is 2.13. The monoisotopic (exact) mass is 369 g/mol. The van der Waals surface area contributed by atoms with Gasteiger partial charge in [0.25, 0.3) is 5.91 Å². The van der Waals surface area contributed by atoms with Crippen molar-refractivity contribution in [2.45, 2.75) is 30.2 Å². The van der Waals surface area contributed by atoms with E-state index >= 15 is 0 Å². The average Bonchev–Trinajstić information content (AvgIpc) is 3.11. The molecule has 1 aliphatic heterocycles. The van der Waals surface area contributed by atoms with E-state index in [1.54, 1.807) is 6.07 Å². The molecule has 0 radical (unpaired) electrons. The van der Waals surface area contributed by atoms with E-state index in [4.69, 9.17) is 4.74 Å². The predicted molar refractivity (Wildman–Crippen MR) is 91.6 cm³/mol. The minimum Gasteiger partial charge on any atom is -0.379 e. The summed E-state index contributed by atoms with van der Waals surface area (Å²) in [4.78, 5) is 23.4. The standard InChI is InChI=1S/C16H23N3O5S/c1-17-15(20)6-3-8-18-25(22,23)14-5-2-4-12(10-14)16(21)19-13-7-9-24-11-13/h2,4-5,10,13,18H,3,6-9,11H2,1H3,(H,17,20)(H,19,21)/t13-/m0/s1. The van der Waals surface area contributed by atoms with Gasteiger partial charge < -0.3 is 15.4 Å². The number of carbonyl (C=O) groups is 2. The fourth-order valence-corrected chi connectivity index (χ4v) is 3.50. The third-order valence-corrected chi connectivity index (χ3v) is 5.28. The van der Waals surface area contributed by atoms with E-state index < -0.39 is 10.0 Å². The molecule has 1 aliphatic rings. The molecule has 3 N–H and O–H groups in total. The van der Waals surface area contributed by atoms with Gasteiger partial charge in [0, 0.05) is 32.2 Å². The van der Waals surface area contributed by atoms with Crippen molar-refractivity contribution in [3.05, 3.63) is 29.8 Å². The smallest absolute Gasteiger partial charge is 0.251 e. The highest BCUT2D eigenvalue weighted by Gasteiger charge is 2.20. The van der Waals surface area contributed by atoms with Gasteiger partial charge in [0.15, 0.2) is 0 Å². The second kappa shape index (κ2) is 8.93. The zero-order chi connectivity index (χ0) is 18.3. The van der Waals surface area contributed by atoms with Crippen molar-refractivity contribution < 1.29 is 22.7 Å². The molecule has 1 atom stereocenters. The van der Waals surface area contributed by atoms with E-state index in [9.17, 15) is 18.0 Å². The molecule has 1 aromatic rings. The van der Waals surface area contributed by atoms with Gasteiger partial charge in [-0.1, -0.05) is 6.07 Å². The van der Waals surface area contributed by atoms with Crippen LogP contribution < -0.4 is 15.4 Å². The molecule has 0 spiro atoms. The molecule has 8 nitrogen and oxygen atoms in total. The molecule has 0 aromatic heterocycles. The van der Waals surface area contributed by atoms with Crippen LogP contribution in [0.1, 0.15) is 29.6 Å². The van der Waals surface area contributed by atoms with Crippen molar-refractivity contribution >= 4 is 21.8 Å². The van der Waals surface area contributed by atoms with Gasteiger partial charge in [-0.05, 0) is 31.0 Å². The fraction of sp³-hybridized carbons (Fsp3) is 0.500. The number of benzene rings is 1. The Kier molecular flexibility index (Phi) is 6.91. The summed E-state index contributed by atoms with van der Waals surface area (Å²) in [6.45, 7) is 1.22. The van der Waals surface area contributed by atoms with E-state index in [1.165, 1.54) is 25.2 Å². The Balaban J connectivity index is 1.96. The highest BCUT2D eigenvalue weighted by atomic mass is 32.2. The second-order valence-electron chi connectivity index (χ2n) is 5.74. The van der Waals surface area contributed by atoms with Gasteiger partial charge in [0.2, 0.25) is 15.9 Å². The number of hydrogen-bond acceptors (Lipinski definition) is 5. The molecule has 0 saturated carbocycles. The van der Waals surface area contributed by atoms with Crippen molar-refractivity contribution in [3.8, 4) is 0 Å². The van der Waals surface area contributed by atoms with Gasteiger partial charge in [0.1, 0.15) is 0 Å². The molecule has 0 unspecified atom stereocenters. The van der Waals surface area contributed by atoms with Gasteiger partial charge in [-0.2, -0.15) is 0 Å². The lowest BCUT2D eigenvalue weighted by molar-refractivity contribution is -0.120. The van der Waals surface area contributed by atoms with Crippen LogP contribution in [0.4, 0.5) is 0 Å². The maximum Gasteiger partial charge on any atom is 0.251 e. The maximum absolute atomic E-state index is 12.3. The van der Waals surface area contributed by atoms with Crippen molar-refractivity contribution in [1.29, 1.82) is 0 Å². The topological polar surface area (TPSA) is 114 Å². The summed E-state index contributed by atoms with van der Waals surface area (Å²) in [5.74, 6) is -0.471. The number of hydrogen-bond donors (Lipinski definition) is 3. The van der Waals surface area contributed by atoms with Crippen molar-refractivity contribution in [2.75, 3.05) is 26.8 Å². The molecule has 2 rings (SSSR count). The van der Waals surface area contributed by atoms with Crippen LogP contribution in [0.5, 0.6) is 0 Å². The molecule has 1 fully saturated rings. The number of amides is 2. The number of nitrogens with one attached hydrogen (secondary N) is 3. The van der Waals surface area contributed by atoms with Crippen molar-refractivity contribution in [3.63, 3.8) is 0 Å². The van der Waals surface area contributed by atoms with Crippen LogP contribution in [-0.4, -0.2) is 53.1 Å². The first kappa shape index (κ1) is 19.4. The Labute approximate surface area is 147 Å². The third-order valence-electron chi connectivity index (χ3n) is 3.82. The van der Waals surface area contributed by atoms with Gasteiger partial charge in [-0.3, -0.25) is 9.59 Å². The third kappa shape index (κ3) is 5.80. The predicted octanol–water partition coefficient (Wildman–Crippen LogP) is 0.00980. The molecular formula is C16H23N3O5S. The molecule has 138 valence electrons.